The normalized spacial score (nSPS) is 11.9. The molecule has 0 spiro atoms. The molecule has 1 N–H and O–H groups in total. The number of ketones is 2. The van der Waals surface area contributed by atoms with Crippen LogP contribution in [-0.4, -0.2) is 29.3 Å². The summed E-state index contributed by atoms with van der Waals surface area (Å²) >= 11 is 0. The maximum atomic E-state index is 12.5. The zero-order valence-corrected chi connectivity index (χ0v) is 23.1. The summed E-state index contributed by atoms with van der Waals surface area (Å²) in [6.45, 7) is 9.25. The van der Waals surface area contributed by atoms with Crippen LogP contribution in [0.2, 0.25) is 0 Å². The molecule has 6 heteroatoms. The number of nitrogens with one attached hydrogen (secondary N) is 1. The molecule has 0 saturated heterocycles. The average Bonchev–Trinajstić information content (AvgIpc) is 2.84. The van der Waals surface area contributed by atoms with Gasteiger partial charge in [0.25, 0.3) is 0 Å². The molecule has 1 amide bonds. The average molecular weight is 514 g/mol. The fourth-order valence-corrected chi connectivity index (χ4v) is 6.03. The predicted molar refractivity (Wildman–Crippen MR) is 149 cm³/mol. The summed E-state index contributed by atoms with van der Waals surface area (Å²) in [4.78, 5) is 38.3. The highest BCUT2D eigenvalue weighted by Crippen LogP contribution is 2.38. The molecule has 0 saturated carbocycles. The van der Waals surface area contributed by atoms with Crippen LogP contribution in [0.1, 0.15) is 81.3 Å². The number of Topliss-reactive ketones (excluding diaryl/α,β-unsaturated/α-hetero) is 2. The van der Waals surface area contributed by atoms with Crippen LogP contribution < -0.4 is 5.32 Å². The summed E-state index contributed by atoms with van der Waals surface area (Å²) in [6, 6.07) is 15.5. The first-order chi connectivity index (χ1) is 16.8. The van der Waals surface area contributed by atoms with E-state index in [1.165, 1.54) is 0 Å². The quantitative estimate of drug-likeness (QED) is 0.112. The third-order valence-corrected chi connectivity index (χ3v) is 8.80. The van der Waals surface area contributed by atoms with Crippen LogP contribution in [0.25, 0.3) is 0 Å². The number of rotatable bonds is 16. The second-order valence-corrected chi connectivity index (χ2v) is 12.1. The third kappa shape index (κ3) is 11.5. The van der Waals surface area contributed by atoms with Crippen LogP contribution in [0.15, 0.2) is 53.4 Å². The molecule has 2 rings (SSSR count). The molecule has 35 heavy (non-hydrogen) atoms. The van der Waals surface area contributed by atoms with Crippen molar-refractivity contribution in [3.8, 4) is 0 Å². The molecule has 0 aromatic heterocycles. The van der Waals surface area contributed by atoms with Gasteiger partial charge in [-0.05, 0) is 54.9 Å². The third-order valence-electron chi connectivity index (χ3n) is 5.75. The topological polar surface area (TPSA) is 63.2 Å². The van der Waals surface area contributed by atoms with Crippen molar-refractivity contribution in [2.45, 2.75) is 82.8 Å². The number of carbonyl (C=O) groups excluding carboxylic acids is 3. The van der Waals surface area contributed by atoms with E-state index in [-0.39, 0.29) is 29.1 Å². The highest BCUT2D eigenvalue weighted by atomic mass is 33.1. The first-order valence-electron chi connectivity index (χ1n) is 12.6. The van der Waals surface area contributed by atoms with E-state index in [4.69, 9.17) is 0 Å². The first kappa shape index (κ1) is 29.2. The molecule has 0 fully saturated rings. The second-order valence-electron chi connectivity index (χ2n) is 9.39. The van der Waals surface area contributed by atoms with E-state index in [2.05, 4.69) is 26.1 Å². The molecule has 190 valence electrons. The van der Waals surface area contributed by atoms with E-state index in [9.17, 15) is 14.4 Å². The molecule has 0 heterocycles. The Balaban J connectivity index is 1.75. The molecule has 4 nitrogen and oxygen atoms in total. The van der Waals surface area contributed by atoms with Gasteiger partial charge >= 0.3 is 0 Å². The molecule has 0 aliphatic rings. The molecule has 1 unspecified atom stereocenters. The summed E-state index contributed by atoms with van der Waals surface area (Å²) < 4.78 is 0. The summed E-state index contributed by atoms with van der Waals surface area (Å²) in [5, 5.41) is 3.28. The van der Waals surface area contributed by atoms with Gasteiger partial charge in [0.1, 0.15) is 5.78 Å². The number of carbonyl (C=O) groups is 3. The molecule has 0 bridgehead atoms. The molecular weight excluding hydrogens is 474 g/mol. The number of benzene rings is 2. The van der Waals surface area contributed by atoms with Gasteiger partial charge < -0.3 is 5.32 Å². The van der Waals surface area contributed by atoms with Gasteiger partial charge in [0.2, 0.25) is 5.91 Å². The molecule has 0 aliphatic carbocycles. The minimum absolute atomic E-state index is 0.0103. The lowest BCUT2D eigenvalue weighted by Gasteiger charge is -2.13. The first-order valence-corrected chi connectivity index (χ1v) is 14.8. The molecule has 2 aromatic carbocycles. The van der Waals surface area contributed by atoms with Gasteiger partial charge in [0, 0.05) is 28.7 Å². The fourth-order valence-electron chi connectivity index (χ4n) is 3.59. The number of hydrogen-bond acceptors (Lipinski definition) is 5. The van der Waals surface area contributed by atoms with E-state index in [0.717, 1.165) is 48.3 Å². The van der Waals surface area contributed by atoms with Gasteiger partial charge in [-0.1, -0.05) is 85.7 Å². The Hall–Kier alpha value is -2.05. The Morgan fingerprint density at radius 3 is 2.49 bits per heavy atom. The zero-order chi connectivity index (χ0) is 25.6. The predicted octanol–water partition coefficient (Wildman–Crippen LogP) is 7.10. The van der Waals surface area contributed by atoms with Crippen LogP contribution in [0.5, 0.6) is 0 Å². The second kappa shape index (κ2) is 15.8. The van der Waals surface area contributed by atoms with Crippen LogP contribution >= 0.6 is 21.6 Å². The monoisotopic (exact) mass is 513 g/mol. The van der Waals surface area contributed by atoms with Gasteiger partial charge in [-0.2, -0.15) is 0 Å². The lowest BCUT2D eigenvalue weighted by molar-refractivity contribution is -0.120. The maximum absolute atomic E-state index is 12.5. The molecule has 0 radical (unpaired) electrons. The van der Waals surface area contributed by atoms with Gasteiger partial charge in [0.15, 0.2) is 5.78 Å². The number of hydrogen-bond donors (Lipinski definition) is 1. The van der Waals surface area contributed by atoms with E-state index < -0.39 is 0 Å². The van der Waals surface area contributed by atoms with Crippen molar-refractivity contribution in [3.63, 3.8) is 0 Å². The fraction of sp³-hybridized carbons (Fsp3) is 0.483. The van der Waals surface area contributed by atoms with Crippen molar-refractivity contribution in [2.75, 3.05) is 6.54 Å². The van der Waals surface area contributed by atoms with Crippen LogP contribution in [-0.2, 0) is 22.4 Å². The summed E-state index contributed by atoms with van der Waals surface area (Å²) in [6.07, 6.45) is 4.44. The minimum Gasteiger partial charge on any atom is -0.356 e. The van der Waals surface area contributed by atoms with Gasteiger partial charge in [0.05, 0.1) is 12.8 Å². The van der Waals surface area contributed by atoms with Gasteiger partial charge in [-0.3, -0.25) is 14.4 Å². The van der Waals surface area contributed by atoms with Gasteiger partial charge in [-0.25, -0.2) is 0 Å². The summed E-state index contributed by atoms with van der Waals surface area (Å²) in [7, 11) is 3.36. The Bertz CT molecular complexity index is 974. The Labute approximate surface area is 218 Å². The van der Waals surface area contributed by atoms with Crippen molar-refractivity contribution < 1.29 is 14.4 Å². The van der Waals surface area contributed by atoms with E-state index in [1.54, 1.807) is 27.7 Å². The zero-order valence-electron chi connectivity index (χ0n) is 21.5. The molecular formula is C29H39NO3S2. The number of aryl methyl sites for hydroxylation is 1. The van der Waals surface area contributed by atoms with Crippen LogP contribution in [0.3, 0.4) is 0 Å². The minimum atomic E-state index is -0.101. The van der Waals surface area contributed by atoms with Crippen LogP contribution in [0.4, 0.5) is 0 Å². The lowest BCUT2D eigenvalue weighted by Crippen LogP contribution is -2.26. The van der Waals surface area contributed by atoms with Crippen molar-refractivity contribution >= 4 is 39.1 Å². The number of amides is 1. The SMILES string of the molecule is CCc1cccc(C(=O)CC(=O)CCC(C)SSc2ccccc2CC(=O)NCCCC(C)C)c1. The van der Waals surface area contributed by atoms with Crippen molar-refractivity contribution in [1.82, 2.24) is 5.32 Å². The van der Waals surface area contributed by atoms with E-state index in [1.807, 2.05) is 49.4 Å². The Kier molecular flexibility index (Phi) is 13.2. The van der Waals surface area contributed by atoms with Crippen LogP contribution in [0, 0.1) is 5.92 Å². The maximum Gasteiger partial charge on any atom is 0.224 e. The van der Waals surface area contributed by atoms with Crippen molar-refractivity contribution in [3.05, 3.63) is 65.2 Å². The smallest absolute Gasteiger partial charge is 0.224 e. The van der Waals surface area contributed by atoms with E-state index >= 15 is 0 Å². The van der Waals surface area contributed by atoms with E-state index in [0.29, 0.717) is 24.3 Å². The molecule has 2 aromatic rings. The molecule has 1 atom stereocenters. The molecule has 0 aliphatic heterocycles. The van der Waals surface area contributed by atoms with Gasteiger partial charge in [-0.15, -0.1) is 0 Å². The standard InChI is InChI=1S/C29H39NO3S2/c1-5-23-11-8-13-24(18-23)27(32)20-26(31)16-15-22(4)34-35-28-14-7-6-12-25(28)19-29(33)30-17-9-10-21(2)3/h6-8,11-14,18,21-22H,5,9-10,15-17,19-20H2,1-4H3,(H,30,33). The summed E-state index contributed by atoms with van der Waals surface area (Å²) in [5.74, 6) is 0.594. The highest BCUT2D eigenvalue weighted by Gasteiger charge is 2.15. The Morgan fingerprint density at radius 2 is 1.74 bits per heavy atom. The highest BCUT2D eigenvalue weighted by molar-refractivity contribution is 8.77. The Morgan fingerprint density at radius 1 is 0.971 bits per heavy atom. The summed E-state index contributed by atoms with van der Waals surface area (Å²) in [5.41, 5.74) is 2.75. The van der Waals surface area contributed by atoms with Crippen molar-refractivity contribution in [2.24, 2.45) is 5.92 Å². The lowest BCUT2D eigenvalue weighted by atomic mass is 10.0. The largest absolute Gasteiger partial charge is 0.356 e. The van der Waals surface area contributed by atoms with Crippen molar-refractivity contribution in [1.29, 1.82) is 0 Å².